The maximum Gasteiger partial charge on any atom is 0.119 e. The molecule has 1 saturated heterocycles. The van der Waals surface area contributed by atoms with Gasteiger partial charge in [0.15, 0.2) is 0 Å². The lowest BCUT2D eigenvalue weighted by molar-refractivity contribution is 0.356. The summed E-state index contributed by atoms with van der Waals surface area (Å²) in [6, 6.07) is 7.00. The van der Waals surface area contributed by atoms with Crippen LogP contribution >= 0.6 is 11.8 Å². The highest BCUT2D eigenvalue weighted by Gasteiger charge is 2.40. The Morgan fingerprint density at radius 2 is 2.24 bits per heavy atom. The topological polar surface area (TPSA) is 21.3 Å². The van der Waals surface area contributed by atoms with Crippen LogP contribution in [0.25, 0.3) is 0 Å². The molecule has 3 rings (SSSR count). The highest BCUT2D eigenvalue weighted by molar-refractivity contribution is 8.00. The molecule has 0 bridgehead atoms. The fourth-order valence-corrected chi connectivity index (χ4v) is 4.23. The van der Waals surface area contributed by atoms with Crippen molar-refractivity contribution in [1.29, 1.82) is 0 Å². The number of ether oxygens (including phenoxy) is 1. The van der Waals surface area contributed by atoms with Crippen molar-refractivity contribution in [1.82, 2.24) is 5.32 Å². The minimum atomic E-state index is 0.233. The maximum atomic E-state index is 5.34. The molecule has 0 spiro atoms. The second kappa shape index (κ2) is 3.92. The molecule has 0 saturated carbocycles. The molecule has 92 valence electrons. The zero-order valence-electron chi connectivity index (χ0n) is 10.6. The molecule has 0 amide bonds. The Morgan fingerprint density at radius 3 is 3.00 bits per heavy atom. The van der Waals surface area contributed by atoms with E-state index in [-0.39, 0.29) is 5.54 Å². The normalized spacial score (nSPS) is 29.6. The number of fused-ring (bicyclic) bond motifs is 3. The second-order valence-corrected chi connectivity index (χ2v) is 6.85. The molecule has 0 aromatic heterocycles. The third kappa shape index (κ3) is 1.95. The van der Waals surface area contributed by atoms with Crippen molar-refractivity contribution in [3.63, 3.8) is 0 Å². The molecule has 3 heteroatoms. The van der Waals surface area contributed by atoms with Gasteiger partial charge in [0.2, 0.25) is 0 Å². The average molecular weight is 249 g/mol. The third-order valence-corrected chi connectivity index (χ3v) is 5.44. The predicted octanol–water partition coefficient (Wildman–Crippen LogP) is 2.78. The van der Waals surface area contributed by atoms with E-state index in [1.165, 1.54) is 23.3 Å². The molecule has 1 aromatic rings. The highest BCUT2D eigenvalue weighted by Crippen LogP contribution is 2.44. The van der Waals surface area contributed by atoms with Crippen molar-refractivity contribution < 1.29 is 4.74 Å². The van der Waals surface area contributed by atoms with Gasteiger partial charge in [-0.2, -0.15) is 11.8 Å². The molecular formula is C14H19NOS. The zero-order valence-corrected chi connectivity index (χ0v) is 11.4. The van der Waals surface area contributed by atoms with Gasteiger partial charge >= 0.3 is 0 Å². The first kappa shape index (κ1) is 11.4. The van der Waals surface area contributed by atoms with E-state index in [4.69, 9.17) is 4.74 Å². The number of rotatable bonds is 1. The summed E-state index contributed by atoms with van der Waals surface area (Å²) in [5.74, 6) is 2.17. The molecule has 2 atom stereocenters. The van der Waals surface area contributed by atoms with Gasteiger partial charge in [-0.15, -0.1) is 0 Å². The molecule has 2 aliphatic rings. The molecule has 1 aliphatic carbocycles. The summed E-state index contributed by atoms with van der Waals surface area (Å²) in [6.07, 6.45) is 1.19. The van der Waals surface area contributed by atoms with Crippen LogP contribution < -0.4 is 10.1 Å². The lowest BCUT2D eigenvalue weighted by Gasteiger charge is -2.39. The summed E-state index contributed by atoms with van der Waals surface area (Å²) < 4.78 is 5.34. The molecule has 2 unspecified atom stereocenters. The molecular weight excluding hydrogens is 230 g/mol. The van der Waals surface area contributed by atoms with Gasteiger partial charge in [-0.3, -0.25) is 0 Å². The fourth-order valence-electron chi connectivity index (χ4n) is 2.81. The van der Waals surface area contributed by atoms with Crippen LogP contribution in [-0.2, 0) is 6.42 Å². The van der Waals surface area contributed by atoms with Gasteiger partial charge in [0.25, 0.3) is 0 Å². The Balaban J connectivity index is 1.96. The first-order valence-corrected chi connectivity index (χ1v) is 7.20. The SMILES string of the molecule is COc1ccc2c(c1)C1NC(C)(C)CSC1C2. The van der Waals surface area contributed by atoms with Crippen LogP contribution in [0.15, 0.2) is 18.2 Å². The maximum absolute atomic E-state index is 5.34. The number of benzene rings is 1. The van der Waals surface area contributed by atoms with Crippen molar-refractivity contribution in [3.05, 3.63) is 29.3 Å². The first-order chi connectivity index (χ1) is 8.09. The fraction of sp³-hybridized carbons (Fsp3) is 0.571. The van der Waals surface area contributed by atoms with Crippen molar-refractivity contribution in [2.45, 2.75) is 37.1 Å². The van der Waals surface area contributed by atoms with Crippen molar-refractivity contribution in [3.8, 4) is 5.75 Å². The van der Waals surface area contributed by atoms with Gasteiger partial charge in [-0.05, 0) is 43.5 Å². The van der Waals surface area contributed by atoms with Crippen LogP contribution in [0.2, 0.25) is 0 Å². The van der Waals surface area contributed by atoms with Gasteiger partial charge in [-0.1, -0.05) is 6.07 Å². The lowest BCUT2D eigenvalue weighted by atomic mass is 10.0. The molecule has 1 N–H and O–H groups in total. The quantitative estimate of drug-likeness (QED) is 0.827. The molecule has 2 nitrogen and oxygen atoms in total. The monoisotopic (exact) mass is 249 g/mol. The summed E-state index contributed by atoms with van der Waals surface area (Å²) in [7, 11) is 1.74. The minimum Gasteiger partial charge on any atom is -0.497 e. The van der Waals surface area contributed by atoms with Crippen LogP contribution in [-0.4, -0.2) is 23.7 Å². The lowest BCUT2D eigenvalue weighted by Crippen LogP contribution is -2.50. The van der Waals surface area contributed by atoms with E-state index in [0.29, 0.717) is 11.3 Å². The zero-order chi connectivity index (χ0) is 12.0. The number of methoxy groups -OCH3 is 1. The van der Waals surface area contributed by atoms with Crippen molar-refractivity contribution >= 4 is 11.8 Å². The number of thioether (sulfide) groups is 1. The smallest absolute Gasteiger partial charge is 0.119 e. The molecule has 1 aromatic carbocycles. The van der Waals surface area contributed by atoms with Crippen LogP contribution in [0.5, 0.6) is 5.75 Å². The van der Waals surface area contributed by atoms with E-state index in [9.17, 15) is 0 Å². The highest BCUT2D eigenvalue weighted by atomic mass is 32.2. The van der Waals surface area contributed by atoms with E-state index in [1.54, 1.807) is 7.11 Å². The Bertz CT molecular complexity index is 444. The van der Waals surface area contributed by atoms with Crippen molar-refractivity contribution in [2.75, 3.05) is 12.9 Å². The number of nitrogens with one attached hydrogen (secondary N) is 1. The van der Waals surface area contributed by atoms with Gasteiger partial charge in [0.05, 0.1) is 7.11 Å². The third-order valence-electron chi connectivity index (χ3n) is 3.69. The van der Waals surface area contributed by atoms with E-state index >= 15 is 0 Å². The van der Waals surface area contributed by atoms with Gasteiger partial charge < -0.3 is 10.1 Å². The molecule has 1 aliphatic heterocycles. The predicted molar refractivity (Wildman–Crippen MR) is 72.9 cm³/mol. The minimum absolute atomic E-state index is 0.233. The molecule has 17 heavy (non-hydrogen) atoms. The van der Waals surface area contributed by atoms with Gasteiger partial charge in [0, 0.05) is 22.6 Å². The van der Waals surface area contributed by atoms with E-state index < -0.39 is 0 Å². The van der Waals surface area contributed by atoms with Crippen LogP contribution in [0.4, 0.5) is 0 Å². The largest absolute Gasteiger partial charge is 0.497 e. The second-order valence-electron chi connectivity index (χ2n) is 5.62. The molecule has 1 fully saturated rings. The Morgan fingerprint density at radius 1 is 1.41 bits per heavy atom. The van der Waals surface area contributed by atoms with Gasteiger partial charge in [-0.25, -0.2) is 0 Å². The molecule has 1 heterocycles. The summed E-state index contributed by atoms with van der Waals surface area (Å²) in [4.78, 5) is 0. The number of hydrogen-bond donors (Lipinski definition) is 1. The number of hydrogen-bond acceptors (Lipinski definition) is 3. The van der Waals surface area contributed by atoms with E-state index in [0.717, 1.165) is 5.75 Å². The first-order valence-electron chi connectivity index (χ1n) is 6.15. The Labute approximate surface area is 107 Å². The summed E-state index contributed by atoms with van der Waals surface area (Å²) in [6.45, 7) is 4.57. The van der Waals surface area contributed by atoms with E-state index in [2.05, 4.69) is 49.1 Å². The average Bonchev–Trinajstić information content (AvgIpc) is 2.65. The summed E-state index contributed by atoms with van der Waals surface area (Å²) in [5, 5.41) is 4.48. The standard InChI is InChI=1S/C14H19NOS/c1-14(2)8-17-12-6-9-4-5-10(16-3)7-11(9)13(12)15-14/h4-5,7,12-13,15H,6,8H2,1-3H3. The Hall–Kier alpha value is -0.670. The molecule has 0 radical (unpaired) electrons. The van der Waals surface area contributed by atoms with Crippen LogP contribution in [0, 0.1) is 0 Å². The van der Waals surface area contributed by atoms with Crippen molar-refractivity contribution in [2.24, 2.45) is 0 Å². The van der Waals surface area contributed by atoms with Crippen LogP contribution in [0.1, 0.15) is 31.0 Å². The van der Waals surface area contributed by atoms with E-state index in [1.807, 2.05) is 0 Å². The summed E-state index contributed by atoms with van der Waals surface area (Å²) in [5.41, 5.74) is 3.16. The van der Waals surface area contributed by atoms with Crippen LogP contribution in [0.3, 0.4) is 0 Å². The summed E-state index contributed by atoms with van der Waals surface area (Å²) >= 11 is 2.11. The van der Waals surface area contributed by atoms with Gasteiger partial charge in [0.1, 0.15) is 5.75 Å². The Kier molecular flexibility index (Phi) is 2.64.